The minimum atomic E-state index is 0.109. The zero-order chi connectivity index (χ0) is 15.5. The molecule has 0 spiro atoms. The summed E-state index contributed by atoms with van der Waals surface area (Å²) >= 11 is 0. The van der Waals surface area contributed by atoms with Gasteiger partial charge in [-0.2, -0.15) is 0 Å². The minimum Gasteiger partial charge on any atom is -0.497 e. The highest BCUT2D eigenvalue weighted by Crippen LogP contribution is 2.35. The largest absolute Gasteiger partial charge is 0.497 e. The third kappa shape index (κ3) is 2.65. The van der Waals surface area contributed by atoms with Gasteiger partial charge in [0.15, 0.2) is 11.3 Å². The number of ether oxygens (including phenoxy) is 2. The smallest absolute Gasteiger partial charge is 0.176 e. The van der Waals surface area contributed by atoms with E-state index in [1.165, 1.54) is 0 Å². The molecule has 0 bridgehead atoms. The van der Waals surface area contributed by atoms with E-state index in [9.17, 15) is 0 Å². The normalized spacial score (nSPS) is 10.9. The van der Waals surface area contributed by atoms with Crippen LogP contribution in [0.1, 0.15) is 5.56 Å². The lowest BCUT2D eigenvalue weighted by atomic mass is 10.1. The van der Waals surface area contributed by atoms with Crippen molar-refractivity contribution in [1.29, 1.82) is 0 Å². The first-order chi connectivity index (χ1) is 10.7. The average Bonchev–Trinajstić information content (AvgIpc) is 2.98. The summed E-state index contributed by atoms with van der Waals surface area (Å²) in [5, 5.41) is 10.1. The lowest BCUT2D eigenvalue weighted by Gasteiger charge is -2.04. The van der Waals surface area contributed by atoms with Crippen LogP contribution < -0.4 is 9.47 Å². The molecule has 0 unspecified atom stereocenters. The fourth-order valence-electron chi connectivity index (χ4n) is 2.50. The zero-order valence-electron chi connectivity index (χ0n) is 12.6. The Balaban J connectivity index is 2.07. The summed E-state index contributed by atoms with van der Waals surface area (Å²) in [6.07, 6.45) is 0.593. The average molecular weight is 298 g/mol. The van der Waals surface area contributed by atoms with Crippen LogP contribution in [0.5, 0.6) is 11.5 Å². The number of hydrogen-bond acceptors (Lipinski definition) is 4. The van der Waals surface area contributed by atoms with Gasteiger partial charge in [-0.3, -0.25) is 0 Å². The van der Waals surface area contributed by atoms with Gasteiger partial charge in [0.2, 0.25) is 0 Å². The summed E-state index contributed by atoms with van der Waals surface area (Å²) in [6, 6.07) is 13.6. The van der Waals surface area contributed by atoms with E-state index in [4.69, 9.17) is 19.0 Å². The third-order valence-electron chi connectivity index (χ3n) is 3.64. The number of benzene rings is 2. The lowest BCUT2D eigenvalue weighted by molar-refractivity contribution is 0.299. The number of rotatable bonds is 5. The molecule has 2 aromatic carbocycles. The summed E-state index contributed by atoms with van der Waals surface area (Å²) in [5.74, 6) is 2.26. The van der Waals surface area contributed by atoms with E-state index in [0.717, 1.165) is 33.6 Å². The molecule has 3 rings (SSSR count). The Morgan fingerprint density at radius 1 is 1.00 bits per heavy atom. The zero-order valence-corrected chi connectivity index (χ0v) is 12.6. The molecule has 0 aliphatic carbocycles. The molecule has 0 aliphatic rings. The van der Waals surface area contributed by atoms with Crippen LogP contribution in [-0.2, 0) is 6.42 Å². The van der Waals surface area contributed by atoms with E-state index in [1.54, 1.807) is 14.2 Å². The van der Waals surface area contributed by atoms with Gasteiger partial charge in [-0.25, -0.2) is 0 Å². The maximum absolute atomic E-state index is 9.11. The monoisotopic (exact) mass is 298 g/mol. The number of methoxy groups -OCH3 is 2. The van der Waals surface area contributed by atoms with E-state index in [1.807, 2.05) is 42.5 Å². The Labute approximate surface area is 128 Å². The molecule has 4 heteroatoms. The van der Waals surface area contributed by atoms with Crippen LogP contribution in [0.15, 0.2) is 46.9 Å². The second-order valence-corrected chi connectivity index (χ2v) is 5.03. The topological polar surface area (TPSA) is 51.8 Å². The molecule has 0 atom stereocenters. The standard InChI is InChI=1S/C18H18O4/c1-20-15-5-3-13(4-6-15)16-11-14-9-12(7-8-19)10-17(21-2)18(14)22-16/h3-6,9-11,19H,7-8H2,1-2H3. The molecular weight excluding hydrogens is 280 g/mol. The Morgan fingerprint density at radius 2 is 1.77 bits per heavy atom. The number of fused-ring (bicyclic) bond motifs is 1. The first-order valence-electron chi connectivity index (χ1n) is 7.11. The van der Waals surface area contributed by atoms with E-state index >= 15 is 0 Å². The SMILES string of the molecule is COc1ccc(-c2cc3cc(CCO)cc(OC)c3o2)cc1. The van der Waals surface area contributed by atoms with Crippen molar-refractivity contribution in [2.24, 2.45) is 0 Å². The van der Waals surface area contributed by atoms with Crippen molar-refractivity contribution in [2.45, 2.75) is 6.42 Å². The maximum atomic E-state index is 9.11. The molecule has 0 saturated carbocycles. The van der Waals surface area contributed by atoms with Crippen molar-refractivity contribution < 1.29 is 19.0 Å². The maximum Gasteiger partial charge on any atom is 0.176 e. The van der Waals surface area contributed by atoms with Gasteiger partial charge >= 0.3 is 0 Å². The van der Waals surface area contributed by atoms with Crippen molar-refractivity contribution in [3.63, 3.8) is 0 Å². The highest BCUT2D eigenvalue weighted by Gasteiger charge is 2.12. The molecule has 114 valence electrons. The Bertz CT molecular complexity index is 772. The number of aliphatic hydroxyl groups is 1. The van der Waals surface area contributed by atoms with Gasteiger partial charge in [-0.15, -0.1) is 0 Å². The van der Waals surface area contributed by atoms with Gasteiger partial charge in [0.25, 0.3) is 0 Å². The summed E-state index contributed by atoms with van der Waals surface area (Å²) in [4.78, 5) is 0. The molecule has 0 saturated heterocycles. The predicted octanol–water partition coefficient (Wildman–Crippen LogP) is 3.65. The van der Waals surface area contributed by atoms with Crippen molar-refractivity contribution in [1.82, 2.24) is 0 Å². The van der Waals surface area contributed by atoms with Gasteiger partial charge in [-0.1, -0.05) is 0 Å². The van der Waals surface area contributed by atoms with Crippen molar-refractivity contribution in [2.75, 3.05) is 20.8 Å². The first kappa shape index (κ1) is 14.5. The van der Waals surface area contributed by atoms with Crippen LogP contribution in [0.4, 0.5) is 0 Å². The van der Waals surface area contributed by atoms with Crippen LogP contribution >= 0.6 is 0 Å². The fourth-order valence-corrected chi connectivity index (χ4v) is 2.50. The van der Waals surface area contributed by atoms with Crippen molar-refractivity contribution in [3.05, 3.63) is 48.0 Å². The van der Waals surface area contributed by atoms with E-state index in [-0.39, 0.29) is 6.61 Å². The molecule has 0 aliphatic heterocycles. The van der Waals surface area contributed by atoms with Crippen molar-refractivity contribution in [3.8, 4) is 22.8 Å². The number of aliphatic hydroxyl groups excluding tert-OH is 1. The number of hydrogen-bond donors (Lipinski definition) is 1. The van der Waals surface area contributed by atoms with E-state index in [0.29, 0.717) is 12.2 Å². The summed E-state index contributed by atoms with van der Waals surface area (Å²) in [7, 11) is 3.26. The molecule has 1 heterocycles. The minimum absolute atomic E-state index is 0.109. The fraction of sp³-hybridized carbons (Fsp3) is 0.222. The molecule has 1 aromatic heterocycles. The molecule has 22 heavy (non-hydrogen) atoms. The lowest BCUT2D eigenvalue weighted by Crippen LogP contribution is -1.92. The van der Waals surface area contributed by atoms with Crippen molar-refractivity contribution >= 4 is 11.0 Å². The second-order valence-electron chi connectivity index (χ2n) is 5.03. The van der Waals surface area contributed by atoms with Crippen LogP contribution in [0.3, 0.4) is 0 Å². The van der Waals surface area contributed by atoms with Gasteiger partial charge < -0.3 is 19.0 Å². The van der Waals surface area contributed by atoms with Gasteiger partial charge in [0, 0.05) is 17.6 Å². The van der Waals surface area contributed by atoms with Crippen LogP contribution in [-0.4, -0.2) is 25.9 Å². The van der Waals surface area contributed by atoms with Crippen LogP contribution in [0.2, 0.25) is 0 Å². The molecule has 0 radical (unpaired) electrons. The first-order valence-corrected chi connectivity index (χ1v) is 7.11. The van der Waals surface area contributed by atoms with E-state index in [2.05, 4.69) is 0 Å². The highest BCUT2D eigenvalue weighted by molar-refractivity contribution is 5.88. The summed E-state index contributed by atoms with van der Waals surface area (Å²) in [5.41, 5.74) is 2.71. The second kappa shape index (κ2) is 6.12. The summed E-state index contributed by atoms with van der Waals surface area (Å²) < 4.78 is 16.5. The predicted molar refractivity (Wildman–Crippen MR) is 85.5 cm³/mol. The molecule has 4 nitrogen and oxygen atoms in total. The summed E-state index contributed by atoms with van der Waals surface area (Å²) in [6.45, 7) is 0.109. The molecule has 1 N–H and O–H groups in total. The Hall–Kier alpha value is -2.46. The molecule has 0 amide bonds. The molecule has 3 aromatic rings. The Kier molecular flexibility index (Phi) is 4.02. The molecular formula is C18H18O4. The van der Waals surface area contributed by atoms with E-state index < -0.39 is 0 Å². The quantitative estimate of drug-likeness (QED) is 0.781. The van der Waals surface area contributed by atoms with Crippen LogP contribution in [0.25, 0.3) is 22.3 Å². The third-order valence-corrected chi connectivity index (χ3v) is 3.64. The van der Waals surface area contributed by atoms with Gasteiger partial charge in [-0.05, 0) is 54.4 Å². The number of furan rings is 1. The van der Waals surface area contributed by atoms with Gasteiger partial charge in [0.05, 0.1) is 14.2 Å². The highest BCUT2D eigenvalue weighted by atomic mass is 16.5. The van der Waals surface area contributed by atoms with Gasteiger partial charge in [0.1, 0.15) is 11.5 Å². The molecule has 0 fully saturated rings. The Morgan fingerprint density at radius 3 is 2.41 bits per heavy atom. The van der Waals surface area contributed by atoms with Crippen LogP contribution in [0, 0.1) is 0 Å².